The molecule has 0 aromatic heterocycles. The van der Waals surface area contributed by atoms with Crippen LogP contribution in [-0.2, 0) is 12.8 Å². The van der Waals surface area contributed by atoms with Gasteiger partial charge in [-0.15, -0.1) is 12.4 Å². The van der Waals surface area contributed by atoms with Crippen molar-refractivity contribution in [2.75, 3.05) is 21.3 Å². The number of benzene rings is 1. The van der Waals surface area contributed by atoms with Gasteiger partial charge < -0.3 is 14.8 Å². The maximum absolute atomic E-state index is 5.42. The third kappa shape index (κ3) is 2.67. The van der Waals surface area contributed by atoms with Gasteiger partial charge in [-0.05, 0) is 38.4 Å². The molecule has 1 aliphatic carbocycles. The van der Waals surface area contributed by atoms with Gasteiger partial charge in [0.25, 0.3) is 0 Å². The molecule has 96 valence electrons. The Labute approximate surface area is 109 Å². The van der Waals surface area contributed by atoms with Crippen LogP contribution >= 0.6 is 12.4 Å². The number of likely N-dealkylation sites (N-methyl/N-ethyl adjacent to an activating group) is 1. The van der Waals surface area contributed by atoms with E-state index in [1.807, 2.05) is 19.2 Å². The SMILES string of the molecule is CNC1CCc2c(OC)ccc(OC)c2C1.Cl. The first-order chi connectivity index (χ1) is 7.80. The van der Waals surface area contributed by atoms with E-state index < -0.39 is 0 Å². The molecule has 0 saturated heterocycles. The lowest BCUT2D eigenvalue weighted by Crippen LogP contribution is -2.31. The van der Waals surface area contributed by atoms with Crippen LogP contribution in [-0.4, -0.2) is 27.3 Å². The summed E-state index contributed by atoms with van der Waals surface area (Å²) in [5, 5.41) is 3.34. The van der Waals surface area contributed by atoms with Crippen molar-refractivity contribution in [3.05, 3.63) is 23.3 Å². The second-order valence-electron chi connectivity index (χ2n) is 4.16. The molecule has 3 nitrogen and oxygen atoms in total. The van der Waals surface area contributed by atoms with Crippen molar-refractivity contribution in [2.45, 2.75) is 25.3 Å². The van der Waals surface area contributed by atoms with Crippen LogP contribution in [0.15, 0.2) is 12.1 Å². The average Bonchev–Trinajstić information content (AvgIpc) is 2.36. The van der Waals surface area contributed by atoms with E-state index in [0.29, 0.717) is 6.04 Å². The molecule has 1 aromatic carbocycles. The van der Waals surface area contributed by atoms with Crippen LogP contribution in [0.3, 0.4) is 0 Å². The third-order valence-corrected chi connectivity index (χ3v) is 3.39. The topological polar surface area (TPSA) is 30.5 Å². The highest BCUT2D eigenvalue weighted by Gasteiger charge is 2.23. The van der Waals surface area contributed by atoms with Gasteiger partial charge in [0.05, 0.1) is 14.2 Å². The Hall–Kier alpha value is -0.930. The monoisotopic (exact) mass is 257 g/mol. The van der Waals surface area contributed by atoms with Crippen LogP contribution < -0.4 is 14.8 Å². The summed E-state index contributed by atoms with van der Waals surface area (Å²) in [6, 6.07) is 4.54. The maximum atomic E-state index is 5.42. The summed E-state index contributed by atoms with van der Waals surface area (Å²) >= 11 is 0. The molecule has 0 saturated carbocycles. The number of halogens is 1. The van der Waals surface area contributed by atoms with Crippen molar-refractivity contribution in [1.29, 1.82) is 0 Å². The van der Waals surface area contributed by atoms with Gasteiger partial charge in [-0.25, -0.2) is 0 Å². The number of rotatable bonds is 3. The minimum absolute atomic E-state index is 0. The molecule has 1 aromatic rings. The summed E-state index contributed by atoms with van der Waals surface area (Å²) in [6.07, 6.45) is 3.24. The molecule has 0 fully saturated rings. The molecule has 17 heavy (non-hydrogen) atoms. The first-order valence-corrected chi connectivity index (χ1v) is 5.70. The fourth-order valence-electron chi connectivity index (χ4n) is 2.44. The van der Waals surface area contributed by atoms with Crippen LogP contribution in [0.5, 0.6) is 11.5 Å². The zero-order valence-electron chi connectivity index (χ0n) is 10.6. The van der Waals surface area contributed by atoms with E-state index in [-0.39, 0.29) is 12.4 Å². The summed E-state index contributed by atoms with van der Waals surface area (Å²) in [5.41, 5.74) is 2.61. The fourth-order valence-corrected chi connectivity index (χ4v) is 2.44. The number of hydrogen-bond donors (Lipinski definition) is 1. The van der Waals surface area contributed by atoms with E-state index in [4.69, 9.17) is 9.47 Å². The Bertz CT molecular complexity index is 382. The summed E-state index contributed by atoms with van der Waals surface area (Å²) in [7, 11) is 5.47. The molecule has 0 heterocycles. The third-order valence-electron chi connectivity index (χ3n) is 3.39. The number of nitrogens with one attached hydrogen (secondary N) is 1. The molecular weight excluding hydrogens is 238 g/mol. The van der Waals surface area contributed by atoms with Gasteiger partial charge in [0.2, 0.25) is 0 Å². The van der Waals surface area contributed by atoms with E-state index >= 15 is 0 Å². The Morgan fingerprint density at radius 1 is 1.12 bits per heavy atom. The van der Waals surface area contributed by atoms with Gasteiger partial charge in [-0.3, -0.25) is 0 Å². The highest BCUT2D eigenvalue weighted by atomic mass is 35.5. The minimum atomic E-state index is 0. The number of fused-ring (bicyclic) bond motifs is 1. The van der Waals surface area contributed by atoms with Crippen molar-refractivity contribution in [3.63, 3.8) is 0 Å². The number of hydrogen-bond acceptors (Lipinski definition) is 3. The summed E-state index contributed by atoms with van der Waals surface area (Å²) in [4.78, 5) is 0. The van der Waals surface area contributed by atoms with Crippen molar-refractivity contribution in [2.24, 2.45) is 0 Å². The maximum Gasteiger partial charge on any atom is 0.122 e. The Morgan fingerprint density at radius 2 is 1.71 bits per heavy atom. The predicted octanol–water partition coefficient (Wildman–Crippen LogP) is 2.20. The zero-order chi connectivity index (χ0) is 11.5. The Morgan fingerprint density at radius 3 is 2.24 bits per heavy atom. The lowest BCUT2D eigenvalue weighted by atomic mass is 9.87. The van der Waals surface area contributed by atoms with Crippen LogP contribution in [0.1, 0.15) is 17.5 Å². The van der Waals surface area contributed by atoms with Crippen molar-refractivity contribution in [3.8, 4) is 11.5 Å². The van der Waals surface area contributed by atoms with Crippen molar-refractivity contribution < 1.29 is 9.47 Å². The van der Waals surface area contributed by atoms with E-state index in [0.717, 1.165) is 30.8 Å². The molecule has 1 unspecified atom stereocenters. The summed E-state index contributed by atoms with van der Waals surface area (Å²) in [6.45, 7) is 0. The number of ether oxygens (including phenoxy) is 2. The molecule has 2 rings (SSSR count). The van der Waals surface area contributed by atoms with Gasteiger partial charge in [0.15, 0.2) is 0 Å². The van der Waals surface area contributed by atoms with E-state index in [9.17, 15) is 0 Å². The summed E-state index contributed by atoms with van der Waals surface area (Å²) in [5.74, 6) is 1.97. The van der Waals surface area contributed by atoms with E-state index in [2.05, 4.69) is 5.32 Å². The fraction of sp³-hybridized carbons (Fsp3) is 0.538. The molecule has 0 amide bonds. The molecule has 0 bridgehead atoms. The van der Waals surface area contributed by atoms with Crippen molar-refractivity contribution in [1.82, 2.24) is 5.32 Å². The van der Waals surface area contributed by atoms with Gasteiger partial charge >= 0.3 is 0 Å². The highest BCUT2D eigenvalue weighted by molar-refractivity contribution is 5.85. The first kappa shape index (κ1) is 14.1. The molecule has 1 aliphatic rings. The van der Waals surface area contributed by atoms with E-state index in [1.54, 1.807) is 14.2 Å². The number of methoxy groups -OCH3 is 2. The molecule has 4 heteroatoms. The van der Waals surface area contributed by atoms with Gasteiger partial charge in [-0.1, -0.05) is 0 Å². The standard InChI is InChI=1S/C13H19NO2.ClH/c1-14-9-4-5-10-11(8-9)13(16-3)7-6-12(10)15-2;/h6-7,9,14H,4-5,8H2,1-3H3;1H. The Kier molecular flexibility index (Phi) is 5.09. The highest BCUT2D eigenvalue weighted by Crippen LogP contribution is 2.35. The van der Waals surface area contributed by atoms with Crippen LogP contribution in [0.25, 0.3) is 0 Å². The molecule has 0 aliphatic heterocycles. The average molecular weight is 258 g/mol. The molecule has 0 spiro atoms. The smallest absolute Gasteiger partial charge is 0.122 e. The molecule has 1 atom stereocenters. The molecule has 0 radical (unpaired) electrons. The van der Waals surface area contributed by atoms with E-state index in [1.165, 1.54) is 11.1 Å². The normalized spacial score (nSPS) is 17.9. The second kappa shape index (κ2) is 6.12. The van der Waals surface area contributed by atoms with Gasteiger partial charge in [0, 0.05) is 17.2 Å². The largest absolute Gasteiger partial charge is 0.496 e. The molecule has 1 N–H and O–H groups in total. The predicted molar refractivity (Wildman–Crippen MR) is 71.7 cm³/mol. The second-order valence-corrected chi connectivity index (χ2v) is 4.16. The quantitative estimate of drug-likeness (QED) is 0.901. The lowest BCUT2D eigenvalue weighted by molar-refractivity contribution is 0.380. The van der Waals surface area contributed by atoms with Crippen LogP contribution in [0, 0.1) is 0 Å². The van der Waals surface area contributed by atoms with Crippen LogP contribution in [0.2, 0.25) is 0 Å². The van der Waals surface area contributed by atoms with Crippen LogP contribution in [0.4, 0.5) is 0 Å². The minimum Gasteiger partial charge on any atom is -0.496 e. The molecular formula is C13H20ClNO2. The first-order valence-electron chi connectivity index (χ1n) is 5.70. The summed E-state index contributed by atoms with van der Waals surface area (Å²) < 4.78 is 10.8. The van der Waals surface area contributed by atoms with Crippen molar-refractivity contribution >= 4 is 12.4 Å². The van der Waals surface area contributed by atoms with Gasteiger partial charge in [-0.2, -0.15) is 0 Å². The lowest BCUT2D eigenvalue weighted by Gasteiger charge is -2.27. The van der Waals surface area contributed by atoms with Gasteiger partial charge in [0.1, 0.15) is 11.5 Å². The Balaban J connectivity index is 0.00000144. The zero-order valence-corrected chi connectivity index (χ0v) is 11.4.